The van der Waals surface area contributed by atoms with Gasteiger partial charge in [0, 0.05) is 19.8 Å². The molecule has 26 heavy (non-hydrogen) atoms. The Kier molecular flexibility index (Phi) is 6.06. The van der Waals surface area contributed by atoms with E-state index < -0.39 is 17.9 Å². The van der Waals surface area contributed by atoms with Crippen molar-refractivity contribution in [3.63, 3.8) is 0 Å². The number of amides is 2. The monoisotopic (exact) mass is 357 g/mol. The van der Waals surface area contributed by atoms with Crippen LogP contribution in [0.4, 0.5) is 21.9 Å². The van der Waals surface area contributed by atoms with Gasteiger partial charge in [0.05, 0.1) is 17.3 Å². The summed E-state index contributed by atoms with van der Waals surface area (Å²) in [6.45, 7) is 1.64. The van der Waals surface area contributed by atoms with Crippen LogP contribution in [0.15, 0.2) is 48.5 Å². The summed E-state index contributed by atoms with van der Waals surface area (Å²) in [5.74, 6) is -0.996. The third kappa shape index (κ3) is 4.66. The summed E-state index contributed by atoms with van der Waals surface area (Å²) in [5.41, 5.74) is 7.80. The first-order chi connectivity index (χ1) is 12.3. The van der Waals surface area contributed by atoms with Gasteiger partial charge >= 0.3 is 12.0 Å². The van der Waals surface area contributed by atoms with Crippen LogP contribution in [-0.4, -0.2) is 37.8 Å². The number of carbonyl (C=O) groups excluding carboxylic acids is 1. The van der Waals surface area contributed by atoms with Gasteiger partial charge in [-0.25, -0.2) is 4.79 Å². The minimum atomic E-state index is -0.914. The normalized spacial score (nSPS) is 11.5. The quantitative estimate of drug-likeness (QED) is 0.794. The molecular weight excluding hydrogens is 334 g/mol. The third-order valence-corrected chi connectivity index (χ3v) is 3.86. The fourth-order valence-corrected chi connectivity index (χ4v) is 2.29. The van der Waals surface area contributed by atoms with Crippen molar-refractivity contribution in [2.24, 2.45) is 11.7 Å². The molecule has 138 valence electrons. The molecule has 0 fully saturated rings. The number of hydrogen-bond acceptors (Lipinski definition) is 4. The van der Waals surface area contributed by atoms with Gasteiger partial charge in [-0.15, -0.1) is 0 Å². The first-order valence-electron chi connectivity index (χ1n) is 8.12. The summed E-state index contributed by atoms with van der Waals surface area (Å²) >= 11 is 0. The van der Waals surface area contributed by atoms with Crippen molar-refractivity contribution >= 4 is 29.1 Å². The summed E-state index contributed by atoms with van der Waals surface area (Å²) < 4.78 is 5.45. The molecule has 7 heteroatoms. The van der Waals surface area contributed by atoms with Crippen LogP contribution >= 0.6 is 0 Å². The van der Waals surface area contributed by atoms with E-state index >= 15 is 0 Å². The Morgan fingerprint density at radius 2 is 1.46 bits per heavy atom. The maximum Gasteiger partial charge on any atom is 0.323 e. The lowest BCUT2D eigenvalue weighted by molar-refractivity contribution is -0.142. The summed E-state index contributed by atoms with van der Waals surface area (Å²) in [6.07, 6.45) is 0. The highest BCUT2D eigenvalue weighted by atomic mass is 16.5. The maximum atomic E-state index is 11.9. The molecule has 1 atom stereocenters. The molecule has 0 aromatic heterocycles. The molecule has 0 heterocycles. The van der Waals surface area contributed by atoms with Gasteiger partial charge in [0.15, 0.2) is 0 Å². The molecule has 0 spiro atoms. The van der Waals surface area contributed by atoms with Crippen LogP contribution in [0.25, 0.3) is 0 Å². The molecule has 0 aliphatic rings. The number of nitrogens with two attached hydrogens (primary N) is 1. The Bertz CT molecular complexity index is 757. The highest BCUT2D eigenvalue weighted by Gasteiger charge is 2.16. The lowest BCUT2D eigenvalue weighted by Gasteiger charge is -2.22. The van der Waals surface area contributed by atoms with E-state index in [9.17, 15) is 9.59 Å². The Balaban J connectivity index is 2.17. The van der Waals surface area contributed by atoms with Gasteiger partial charge in [0.25, 0.3) is 0 Å². The zero-order valence-electron chi connectivity index (χ0n) is 15.0. The average molecular weight is 357 g/mol. The molecule has 2 aromatic rings. The first kappa shape index (κ1) is 19.1. The van der Waals surface area contributed by atoms with Crippen molar-refractivity contribution < 1.29 is 19.4 Å². The second-order valence-corrected chi connectivity index (χ2v) is 6.13. The summed E-state index contributed by atoms with van der Waals surface area (Å²) in [5, 5.41) is 8.88. The van der Waals surface area contributed by atoms with Crippen molar-refractivity contribution in [2.45, 2.75) is 6.92 Å². The number of carbonyl (C=O) groups is 2. The number of aliphatic carboxylic acids is 1. The lowest BCUT2D eigenvalue weighted by atomic mass is 10.2. The van der Waals surface area contributed by atoms with Crippen LogP contribution in [0.3, 0.4) is 0 Å². The van der Waals surface area contributed by atoms with Gasteiger partial charge in [0.2, 0.25) is 0 Å². The number of primary amides is 1. The van der Waals surface area contributed by atoms with Gasteiger partial charge in [0.1, 0.15) is 12.4 Å². The first-order valence-corrected chi connectivity index (χ1v) is 8.12. The number of urea groups is 1. The van der Waals surface area contributed by atoms with E-state index in [1.807, 2.05) is 43.3 Å². The fraction of sp³-hybridized carbons (Fsp3) is 0.263. The highest BCUT2D eigenvalue weighted by molar-refractivity contribution is 5.98. The van der Waals surface area contributed by atoms with E-state index in [1.165, 1.54) is 4.90 Å². The minimum Gasteiger partial charge on any atom is -0.493 e. The number of rotatable bonds is 7. The fourth-order valence-electron chi connectivity index (χ4n) is 2.29. The molecule has 0 radical (unpaired) electrons. The SMILES string of the molecule is CC(COc1ccc(N(C(N)=O)c2ccc(N(C)C)cc2)cc1)C(=O)O. The topological polar surface area (TPSA) is 96.1 Å². The number of anilines is 3. The Hall–Kier alpha value is -3.22. The number of carboxylic acids is 1. The van der Waals surface area contributed by atoms with Gasteiger partial charge in [-0.05, 0) is 55.5 Å². The number of nitrogens with zero attached hydrogens (tertiary/aromatic N) is 2. The van der Waals surface area contributed by atoms with Crippen molar-refractivity contribution in [1.29, 1.82) is 0 Å². The van der Waals surface area contributed by atoms with Gasteiger partial charge < -0.3 is 20.5 Å². The van der Waals surface area contributed by atoms with E-state index in [0.29, 0.717) is 17.1 Å². The number of hydrogen-bond donors (Lipinski definition) is 2. The van der Waals surface area contributed by atoms with E-state index in [0.717, 1.165) is 5.69 Å². The largest absolute Gasteiger partial charge is 0.493 e. The van der Waals surface area contributed by atoms with E-state index in [4.69, 9.17) is 15.6 Å². The molecule has 0 aliphatic carbocycles. The van der Waals surface area contributed by atoms with Crippen LogP contribution in [0.1, 0.15) is 6.92 Å². The van der Waals surface area contributed by atoms with Crippen molar-refractivity contribution in [1.82, 2.24) is 0 Å². The van der Waals surface area contributed by atoms with Crippen LogP contribution in [0, 0.1) is 5.92 Å². The van der Waals surface area contributed by atoms with E-state index in [1.54, 1.807) is 31.2 Å². The molecule has 0 aliphatic heterocycles. The van der Waals surface area contributed by atoms with Crippen LogP contribution < -0.4 is 20.3 Å². The smallest absolute Gasteiger partial charge is 0.323 e. The lowest BCUT2D eigenvalue weighted by Crippen LogP contribution is -2.31. The average Bonchev–Trinajstić information content (AvgIpc) is 2.61. The predicted octanol–water partition coefficient (Wildman–Crippen LogP) is 3.07. The van der Waals surface area contributed by atoms with E-state index in [-0.39, 0.29) is 6.61 Å². The molecule has 0 saturated heterocycles. The zero-order chi connectivity index (χ0) is 19.3. The van der Waals surface area contributed by atoms with Crippen molar-refractivity contribution in [2.75, 3.05) is 30.5 Å². The van der Waals surface area contributed by atoms with Crippen LogP contribution in [-0.2, 0) is 4.79 Å². The summed E-state index contributed by atoms with van der Waals surface area (Å²) in [6, 6.07) is 13.6. The third-order valence-electron chi connectivity index (χ3n) is 3.86. The second kappa shape index (κ2) is 8.24. The molecule has 2 aromatic carbocycles. The van der Waals surface area contributed by atoms with Crippen LogP contribution in [0.2, 0.25) is 0 Å². The number of benzene rings is 2. The second-order valence-electron chi connectivity index (χ2n) is 6.13. The van der Waals surface area contributed by atoms with Crippen molar-refractivity contribution in [3.8, 4) is 5.75 Å². The molecule has 2 amide bonds. The maximum absolute atomic E-state index is 11.9. The van der Waals surface area contributed by atoms with Gasteiger partial charge in [-0.3, -0.25) is 9.69 Å². The molecule has 7 nitrogen and oxygen atoms in total. The van der Waals surface area contributed by atoms with E-state index in [2.05, 4.69) is 0 Å². The molecule has 0 bridgehead atoms. The summed E-state index contributed by atoms with van der Waals surface area (Å²) in [7, 11) is 3.87. The number of ether oxygens (including phenoxy) is 1. The summed E-state index contributed by atoms with van der Waals surface area (Å²) in [4.78, 5) is 26.1. The number of carboxylic acid groups (broad SMARTS) is 1. The Morgan fingerprint density at radius 3 is 1.88 bits per heavy atom. The zero-order valence-corrected chi connectivity index (χ0v) is 15.0. The minimum absolute atomic E-state index is 0.0697. The highest BCUT2D eigenvalue weighted by Crippen LogP contribution is 2.28. The molecule has 0 saturated carbocycles. The predicted molar refractivity (Wildman–Crippen MR) is 101 cm³/mol. The van der Waals surface area contributed by atoms with Crippen LogP contribution in [0.5, 0.6) is 5.75 Å². The Labute approximate surface area is 152 Å². The van der Waals surface area contributed by atoms with Crippen molar-refractivity contribution in [3.05, 3.63) is 48.5 Å². The molecule has 1 unspecified atom stereocenters. The molecular formula is C19H23N3O4. The molecule has 2 rings (SSSR count). The van der Waals surface area contributed by atoms with Gasteiger partial charge in [-0.1, -0.05) is 0 Å². The standard InChI is InChI=1S/C19H23N3O4/c1-13(18(23)24)12-26-17-10-8-16(9-11-17)22(19(20)25)15-6-4-14(5-7-15)21(2)3/h4-11,13H,12H2,1-3H3,(H2,20,25)(H,23,24). The molecule has 3 N–H and O–H groups in total. The Morgan fingerprint density at radius 1 is 1.00 bits per heavy atom. The van der Waals surface area contributed by atoms with Gasteiger partial charge in [-0.2, -0.15) is 0 Å².